The number of aromatic nitrogens is 1. The van der Waals surface area contributed by atoms with Gasteiger partial charge in [0.2, 0.25) is 5.75 Å². The minimum atomic E-state index is -0.472. The van der Waals surface area contributed by atoms with E-state index >= 15 is 0 Å². The van der Waals surface area contributed by atoms with Crippen molar-refractivity contribution in [1.82, 2.24) is 4.98 Å². The number of thiazole rings is 1. The Hall–Kier alpha value is -1.66. The molecule has 0 N–H and O–H groups in total. The Labute approximate surface area is 106 Å². The van der Waals surface area contributed by atoms with E-state index in [1.807, 2.05) is 0 Å². The number of rotatable bonds is 3. The standard InChI is InChI=1S/C10H7ClN2O3S/c1-6-3-2-4-7(9(6)13(14)15)16-10-12-8(11)5-17-10/h2-5H,1H3. The first-order valence-corrected chi connectivity index (χ1v) is 5.86. The van der Waals surface area contributed by atoms with Crippen LogP contribution >= 0.6 is 22.9 Å². The van der Waals surface area contributed by atoms with E-state index in [4.69, 9.17) is 16.3 Å². The maximum atomic E-state index is 10.9. The van der Waals surface area contributed by atoms with E-state index in [1.165, 1.54) is 17.4 Å². The zero-order valence-electron chi connectivity index (χ0n) is 8.71. The van der Waals surface area contributed by atoms with Gasteiger partial charge in [-0.1, -0.05) is 35.1 Å². The van der Waals surface area contributed by atoms with Gasteiger partial charge in [0.1, 0.15) is 5.15 Å². The predicted octanol–water partition coefficient (Wildman–Crippen LogP) is 3.81. The van der Waals surface area contributed by atoms with E-state index < -0.39 is 4.92 Å². The van der Waals surface area contributed by atoms with E-state index in [2.05, 4.69) is 4.98 Å². The molecule has 0 radical (unpaired) electrons. The topological polar surface area (TPSA) is 65.3 Å². The Kier molecular flexibility index (Phi) is 3.26. The first-order valence-electron chi connectivity index (χ1n) is 4.61. The number of nitro groups is 1. The molecule has 0 aliphatic carbocycles. The van der Waals surface area contributed by atoms with Crippen molar-refractivity contribution in [2.75, 3.05) is 0 Å². The quantitative estimate of drug-likeness (QED) is 0.628. The predicted molar refractivity (Wildman–Crippen MR) is 65.0 cm³/mol. The zero-order valence-corrected chi connectivity index (χ0v) is 10.3. The van der Waals surface area contributed by atoms with Crippen molar-refractivity contribution in [3.8, 4) is 10.9 Å². The average molecular weight is 271 g/mol. The maximum Gasteiger partial charge on any atom is 0.314 e. The summed E-state index contributed by atoms with van der Waals surface area (Å²) < 4.78 is 5.35. The fourth-order valence-electron chi connectivity index (χ4n) is 1.33. The second kappa shape index (κ2) is 4.68. The van der Waals surface area contributed by atoms with Gasteiger partial charge in [-0.25, -0.2) is 0 Å². The molecule has 0 saturated carbocycles. The van der Waals surface area contributed by atoms with Crippen molar-refractivity contribution in [2.24, 2.45) is 0 Å². The van der Waals surface area contributed by atoms with Gasteiger partial charge in [0.15, 0.2) is 0 Å². The summed E-state index contributed by atoms with van der Waals surface area (Å²) in [4.78, 5) is 14.3. The number of nitro benzene ring substituents is 1. The summed E-state index contributed by atoms with van der Waals surface area (Å²) >= 11 is 6.83. The van der Waals surface area contributed by atoms with Gasteiger partial charge in [-0.05, 0) is 13.0 Å². The first-order chi connectivity index (χ1) is 8.08. The third-order valence-corrected chi connectivity index (χ3v) is 3.08. The monoisotopic (exact) mass is 270 g/mol. The maximum absolute atomic E-state index is 10.9. The van der Waals surface area contributed by atoms with E-state index in [1.54, 1.807) is 24.4 Å². The van der Waals surface area contributed by atoms with E-state index in [0.717, 1.165) is 0 Å². The molecule has 88 valence electrons. The highest BCUT2D eigenvalue weighted by atomic mass is 35.5. The fourth-order valence-corrected chi connectivity index (χ4v) is 2.13. The van der Waals surface area contributed by atoms with E-state index in [-0.39, 0.29) is 16.6 Å². The molecule has 1 heterocycles. The van der Waals surface area contributed by atoms with Crippen LogP contribution in [0.25, 0.3) is 0 Å². The number of hydrogen-bond acceptors (Lipinski definition) is 5. The number of hydrogen-bond donors (Lipinski definition) is 0. The molecule has 0 unspecified atom stereocenters. The zero-order chi connectivity index (χ0) is 12.4. The lowest BCUT2D eigenvalue weighted by Gasteiger charge is -2.04. The second-order valence-corrected chi connectivity index (χ2v) is 4.42. The van der Waals surface area contributed by atoms with Crippen molar-refractivity contribution < 1.29 is 9.66 Å². The Morgan fingerprint density at radius 2 is 2.29 bits per heavy atom. The molecule has 7 heteroatoms. The molecule has 0 bridgehead atoms. The van der Waals surface area contributed by atoms with Gasteiger partial charge in [-0.3, -0.25) is 10.1 Å². The van der Waals surface area contributed by atoms with E-state index in [0.29, 0.717) is 10.7 Å². The Morgan fingerprint density at radius 3 is 2.88 bits per heavy atom. The normalized spacial score (nSPS) is 10.2. The van der Waals surface area contributed by atoms with Crippen LogP contribution in [-0.4, -0.2) is 9.91 Å². The summed E-state index contributed by atoms with van der Waals surface area (Å²) in [5.41, 5.74) is 0.481. The fraction of sp³-hybridized carbons (Fsp3) is 0.100. The van der Waals surface area contributed by atoms with Crippen LogP contribution in [0.4, 0.5) is 5.69 Å². The summed E-state index contributed by atoms with van der Waals surface area (Å²) in [5, 5.41) is 13.1. The summed E-state index contributed by atoms with van der Waals surface area (Å²) in [7, 11) is 0. The molecule has 5 nitrogen and oxygen atoms in total. The Balaban J connectivity index is 2.39. The first kappa shape index (κ1) is 11.8. The molecule has 0 atom stereocenters. The van der Waals surface area contributed by atoms with Crippen LogP contribution in [0.15, 0.2) is 23.6 Å². The molecule has 0 saturated heterocycles. The van der Waals surface area contributed by atoms with Gasteiger partial charge in [-0.15, -0.1) is 0 Å². The van der Waals surface area contributed by atoms with Crippen LogP contribution in [0.3, 0.4) is 0 Å². The molecule has 0 amide bonds. The van der Waals surface area contributed by atoms with Gasteiger partial charge < -0.3 is 4.74 Å². The smallest absolute Gasteiger partial charge is 0.314 e. The summed E-state index contributed by atoms with van der Waals surface area (Å²) in [6.07, 6.45) is 0. The van der Waals surface area contributed by atoms with Gasteiger partial charge in [-0.2, -0.15) is 4.98 Å². The lowest BCUT2D eigenvalue weighted by molar-refractivity contribution is -0.386. The molecule has 0 fully saturated rings. The van der Waals surface area contributed by atoms with Gasteiger partial charge in [0.25, 0.3) is 5.19 Å². The number of para-hydroxylation sites is 1. The molecular formula is C10H7ClN2O3S. The molecule has 0 spiro atoms. The van der Waals surface area contributed by atoms with Crippen molar-refractivity contribution in [3.05, 3.63) is 44.4 Å². The van der Waals surface area contributed by atoms with Crippen LogP contribution in [0.5, 0.6) is 10.9 Å². The van der Waals surface area contributed by atoms with Crippen molar-refractivity contribution in [2.45, 2.75) is 6.92 Å². The molecule has 1 aromatic carbocycles. The molecule has 2 aromatic rings. The molecule has 1 aromatic heterocycles. The van der Waals surface area contributed by atoms with Gasteiger partial charge >= 0.3 is 5.69 Å². The molecule has 0 aliphatic rings. The highest BCUT2D eigenvalue weighted by molar-refractivity contribution is 7.11. The largest absolute Gasteiger partial charge is 0.423 e. The Bertz CT molecular complexity index is 570. The van der Waals surface area contributed by atoms with Crippen LogP contribution in [0.2, 0.25) is 5.15 Å². The SMILES string of the molecule is Cc1cccc(Oc2nc(Cl)cs2)c1[N+](=O)[O-]. The second-order valence-electron chi connectivity index (χ2n) is 3.22. The number of benzene rings is 1. The number of aryl methyl sites for hydroxylation is 1. The minimum absolute atomic E-state index is 0.0566. The highest BCUT2D eigenvalue weighted by Gasteiger charge is 2.19. The minimum Gasteiger partial charge on any atom is -0.423 e. The average Bonchev–Trinajstić information content (AvgIpc) is 2.63. The third-order valence-electron chi connectivity index (χ3n) is 2.04. The van der Waals surface area contributed by atoms with Gasteiger partial charge in [0, 0.05) is 10.9 Å². The lowest BCUT2D eigenvalue weighted by Crippen LogP contribution is -1.95. The van der Waals surface area contributed by atoms with Crippen LogP contribution < -0.4 is 4.74 Å². The van der Waals surface area contributed by atoms with Crippen LogP contribution in [-0.2, 0) is 0 Å². The Morgan fingerprint density at radius 1 is 1.53 bits per heavy atom. The van der Waals surface area contributed by atoms with Gasteiger partial charge in [0.05, 0.1) is 4.92 Å². The number of halogens is 1. The van der Waals surface area contributed by atoms with Crippen LogP contribution in [0.1, 0.15) is 5.56 Å². The third kappa shape index (κ3) is 2.54. The van der Waals surface area contributed by atoms with Crippen molar-refractivity contribution in [3.63, 3.8) is 0 Å². The molecular weight excluding hydrogens is 264 g/mol. The summed E-state index contributed by atoms with van der Waals surface area (Å²) in [6, 6.07) is 4.87. The van der Waals surface area contributed by atoms with Crippen LogP contribution in [0, 0.1) is 17.0 Å². The van der Waals surface area contributed by atoms with E-state index in [9.17, 15) is 10.1 Å². The molecule has 17 heavy (non-hydrogen) atoms. The van der Waals surface area contributed by atoms with Crippen molar-refractivity contribution in [1.29, 1.82) is 0 Å². The molecule has 2 rings (SSSR count). The number of nitrogens with zero attached hydrogens (tertiary/aromatic N) is 2. The lowest BCUT2D eigenvalue weighted by atomic mass is 10.2. The summed E-state index contributed by atoms with van der Waals surface area (Å²) in [6.45, 7) is 1.65. The number of ether oxygens (including phenoxy) is 1. The highest BCUT2D eigenvalue weighted by Crippen LogP contribution is 2.35. The summed E-state index contributed by atoms with van der Waals surface area (Å²) in [5.74, 6) is 0.168. The molecule has 0 aliphatic heterocycles. The van der Waals surface area contributed by atoms with Crippen molar-refractivity contribution >= 4 is 28.6 Å².